The highest BCUT2D eigenvalue weighted by molar-refractivity contribution is 8.00. The second-order valence-electron chi connectivity index (χ2n) is 6.87. The molecule has 6 nitrogen and oxygen atoms in total. The number of rotatable bonds is 9. The van der Waals surface area contributed by atoms with Gasteiger partial charge in [0.25, 0.3) is 0 Å². The van der Waals surface area contributed by atoms with Crippen LogP contribution in [-0.4, -0.2) is 35.3 Å². The first-order valence-electron chi connectivity index (χ1n) is 10.1. The van der Waals surface area contributed by atoms with E-state index < -0.39 is 5.25 Å². The number of hydrogen-bond donors (Lipinski definition) is 1. The molecule has 30 heavy (non-hydrogen) atoms. The Hall–Kier alpha value is -2.80. The van der Waals surface area contributed by atoms with Crippen molar-refractivity contribution in [2.45, 2.75) is 38.4 Å². The van der Waals surface area contributed by atoms with Gasteiger partial charge >= 0.3 is 0 Å². The van der Waals surface area contributed by atoms with Gasteiger partial charge in [0.2, 0.25) is 17.7 Å². The Morgan fingerprint density at radius 3 is 2.57 bits per heavy atom. The van der Waals surface area contributed by atoms with Crippen LogP contribution < -0.4 is 15.0 Å². The third-order valence-corrected chi connectivity index (χ3v) is 6.04. The summed E-state index contributed by atoms with van der Waals surface area (Å²) < 4.78 is 5.40. The van der Waals surface area contributed by atoms with Gasteiger partial charge in [0.15, 0.2) is 0 Å². The Balaban J connectivity index is 1.52. The molecule has 0 aliphatic carbocycles. The fourth-order valence-corrected chi connectivity index (χ4v) is 4.42. The van der Waals surface area contributed by atoms with Crippen molar-refractivity contribution < 1.29 is 19.1 Å². The molecular formula is C23H26N2O4S. The Morgan fingerprint density at radius 1 is 1.13 bits per heavy atom. The van der Waals surface area contributed by atoms with Crippen molar-refractivity contribution in [3.8, 4) is 5.75 Å². The van der Waals surface area contributed by atoms with Crippen LogP contribution in [0.1, 0.15) is 32.3 Å². The number of anilines is 2. The number of nitrogens with one attached hydrogen (secondary N) is 1. The lowest BCUT2D eigenvalue weighted by Crippen LogP contribution is -2.31. The molecule has 2 aromatic carbocycles. The molecule has 1 saturated heterocycles. The first kappa shape index (κ1) is 21.9. The van der Waals surface area contributed by atoms with E-state index in [1.165, 1.54) is 16.7 Å². The highest BCUT2D eigenvalue weighted by atomic mass is 32.2. The van der Waals surface area contributed by atoms with Crippen molar-refractivity contribution in [2.75, 3.05) is 22.6 Å². The molecule has 7 heteroatoms. The lowest BCUT2D eigenvalue weighted by atomic mass is 10.1. The largest absolute Gasteiger partial charge is 0.494 e. The van der Waals surface area contributed by atoms with Crippen LogP contribution in [0.5, 0.6) is 5.75 Å². The number of imide groups is 1. The summed E-state index contributed by atoms with van der Waals surface area (Å²) in [6.45, 7) is 4.49. The van der Waals surface area contributed by atoms with E-state index in [-0.39, 0.29) is 30.6 Å². The normalized spacial score (nSPS) is 16.1. The van der Waals surface area contributed by atoms with Gasteiger partial charge in [0.05, 0.1) is 17.5 Å². The zero-order chi connectivity index (χ0) is 21.5. The molecule has 1 aliphatic rings. The third kappa shape index (κ3) is 5.21. The van der Waals surface area contributed by atoms with Crippen LogP contribution >= 0.6 is 11.8 Å². The average Bonchev–Trinajstić information content (AvgIpc) is 3.02. The molecule has 0 aromatic heterocycles. The highest BCUT2D eigenvalue weighted by Crippen LogP contribution is 2.31. The number of thioether (sulfide) groups is 1. The number of carbonyl (C=O) groups excluding carboxylic acids is 3. The maximum Gasteiger partial charge on any atom is 0.247 e. The number of para-hydroxylation sites is 1. The van der Waals surface area contributed by atoms with Crippen LogP contribution in [-0.2, 0) is 20.8 Å². The zero-order valence-corrected chi connectivity index (χ0v) is 18.0. The second-order valence-corrected chi connectivity index (χ2v) is 8.18. The molecule has 1 atom stereocenters. The molecular weight excluding hydrogens is 400 g/mol. The van der Waals surface area contributed by atoms with E-state index in [1.54, 1.807) is 24.3 Å². The van der Waals surface area contributed by atoms with Gasteiger partial charge in [-0.3, -0.25) is 14.4 Å². The number of benzene rings is 2. The number of amides is 3. The number of carbonyl (C=O) groups is 3. The monoisotopic (exact) mass is 426 g/mol. The van der Waals surface area contributed by atoms with Crippen molar-refractivity contribution in [2.24, 2.45) is 0 Å². The molecule has 1 aliphatic heterocycles. The van der Waals surface area contributed by atoms with Crippen molar-refractivity contribution >= 4 is 40.9 Å². The van der Waals surface area contributed by atoms with Gasteiger partial charge in [0, 0.05) is 24.3 Å². The lowest BCUT2D eigenvalue weighted by Gasteiger charge is -2.15. The van der Waals surface area contributed by atoms with Gasteiger partial charge in [-0.2, -0.15) is 0 Å². The Kier molecular flexibility index (Phi) is 7.52. The molecule has 3 amide bonds. The quantitative estimate of drug-likeness (QED) is 0.613. The maximum atomic E-state index is 12.7. The van der Waals surface area contributed by atoms with Crippen molar-refractivity contribution in [3.63, 3.8) is 0 Å². The zero-order valence-electron chi connectivity index (χ0n) is 17.2. The topological polar surface area (TPSA) is 75.7 Å². The summed E-state index contributed by atoms with van der Waals surface area (Å²) in [5.74, 6) is 0.625. The second kappa shape index (κ2) is 10.3. The lowest BCUT2D eigenvalue weighted by molar-refractivity contribution is -0.121. The van der Waals surface area contributed by atoms with E-state index in [2.05, 4.69) is 5.32 Å². The van der Waals surface area contributed by atoms with Crippen LogP contribution in [0.3, 0.4) is 0 Å². The van der Waals surface area contributed by atoms with E-state index in [0.717, 1.165) is 17.7 Å². The van der Waals surface area contributed by atoms with Crippen molar-refractivity contribution in [1.82, 2.24) is 0 Å². The standard InChI is InChI=1S/C23H26N2O4S/c1-3-16-7-5-6-8-19(16)24-21(26)13-14-30-20-15-22(27)25(23(20)28)17-9-11-18(12-10-17)29-4-2/h5-12,20H,3-4,13-15H2,1-2H3,(H,24,26). The maximum absolute atomic E-state index is 12.7. The minimum absolute atomic E-state index is 0.0939. The van der Waals surface area contributed by atoms with Crippen LogP contribution in [0.4, 0.5) is 11.4 Å². The fourth-order valence-electron chi connectivity index (χ4n) is 3.32. The van der Waals surface area contributed by atoms with Crippen LogP contribution in [0, 0.1) is 0 Å². The molecule has 0 saturated carbocycles. The van der Waals surface area contributed by atoms with Crippen molar-refractivity contribution in [3.05, 3.63) is 54.1 Å². The molecule has 1 unspecified atom stereocenters. The molecule has 3 rings (SSSR count). The van der Waals surface area contributed by atoms with Gasteiger partial charge in [-0.05, 0) is 49.2 Å². The van der Waals surface area contributed by atoms with Gasteiger partial charge in [-0.25, -0.2) is 4.90 Å². The first-order chi connectivity index (χ1) is 14.5. The van der Waals surface area contributed by atoms with Crippen LogP contribution in [0.25, 0.3) is 0 Å². The smallest absolute Gasteiger partial charge is 0.247 e. The summed E-state index contributed by atoms with van der Waals surface area (Å²) in [7, 11) is 0. The van der Waals surface area contributed by atoms with E-state index in [4.69, 9.17) is 4.74 Å². The molecule has 1 heterocycles. The van der Waals surface area contributed by atoms with E-state index in [9.17, 15) is 14.4 Å². The predicted octanol–water partition coefficient (Wildman–Crippen LogP) is 4.04. The molecule has 158 valence electrons. The Morgan fingerprint density at radius 2 is 1.87 bits per heavy atom. The summed E-state index contributed by atoms with van der Waals surface area (Å²) >= 11 is 1.36. The molecule has 0 spiro atoms. The SMILES string of the molecule is CCOc1ccc(N2C(=O)CC(SCCC(=O)Nc3ccccc3CC)C2=O)cc1. The van der Waals surface area contributed by atoms with Gasteiger partial charge in [0.1, 0.15) is 5.75 Å². The average molecular weight is 427 g/mol. The van der Waals surface area contributed by atoms with E-state index in [0.29, 0.717) is 23.8 Å². The molecule has 2 aromatic rings. The van der Waals surface area contributed by atoms with Crippen molar-refractivity contribution in [1.29, 1.82) is 0 Å². The minimum atomic E-state index is -0.459. The van der Waals surface area contributed by atoms with E-state index in [1.807, 2.05) is 38.1 Å². The van der Waals surface area contributed by atoms with Gasteiger partial charge in [-0.1, -0.05) is 25.1 Å². The number of hydrogen-bond acceptors (Lipinski definition) is 5. The molecule has 1 fully saturated rings. The summed E-state index contributed by atoms with van der Waals surface area (Å²) in [6, 6.07) is 14.6. The van der Waals surface area contributed by atoms with Crippen LogP contribution in [0.2, 0.25) is 0 Å². The Bertz CT molecular complexity index is 914. The number of aryl methyl sites for hydroxylation is 1. The number of ether oxygens (including phenoxy) is 1. The van der Waals surface area contributed by atoms with Gasteiger partial charge in [-0.15, -0.1) is 11.8 Å². The summed E-state index contributed by atoms with van der Waals surface area (Å²) in [4.78, 5) is 38.6. The number of nitrogens with zero attached hydrogens (tertiary/aromatic N) is 1. The van der Waals surface area contributed by atoms with E-state index >= 15 is 0 Å². The summed E-state index contributed by atoms with van der Waals surface area (Å²) in [5.41, 5.74) is 2.45. The third-order valence-electron chi connectivity index (χ3n) is 4.83. The first-order valence-corrected chi connectivity index (χ1v) is 11.2. The summed E-state index contributed by atoms with van der Waals surface area (Å²) in [5, 5.41) is 2.47. The Labute approximate surface area is 181 Å². The molecule has 0 radical (unpaired) electrons. The minimum Gasteiger partial charge on any atom is -0.494 e. The molecule has 1 N–H and O–H groups in total. The highest BCUT2D eigenvalue weighted by Gasteiger charge is 2.39. The van der Waals surface area contributed by atoms with Crippen LogP contribution in [0.15, 0.2) is 48.5 Å². The molecule has 0 bridgehead atoms. The fraction of sp³-hybridized carbons (Fsp3) is 0.348. The predicted molar refractivity (Wildman–Crippen MR) is 120 cm³/mol. The van der Waals surface area contributed by atoms with Gasteiger partial charge < -0.3 is 10.1 Å². The summed E-state index contributed by atoms with van der Waals surface area (Å²) in [6.07, 6.45) is 1.27.